The maximum absolute atomic E-state index is 10.1. The maximum atomic E-state index is 10.1. The molecule has 0 saturated carbocycles. The summed E-state index contributed by atoms with van der Waals surface area (Å²) in [5.74, 6) is 0. The fourth-order valence-corrected chi connectivity index (χ4v) is 0.920. The third-order valence-electron chi connectivity index (χ3n) is 1.14. The Hall–Kier alpha value is -0.440. The lowest BCUT2D eigenvalue weighted by atomic mass is 10.1. The zero-order valence-electron chi connectivity index (χ0n) is 4.80. The molecule has 1 rings (SSSR count). The minimum atomic E-state index is 0.776. The van der Waals surface area contributed by atoms with Crippen LogP contribution in [-0.2, 0) is 4.79 Å². The van der Waals surface area contributed by atoms with Crippen LogP contribution in [0.2, 0.25) is 0 Å². The van der Waals surface area contributed by atoms with Crippen molar-refractivity contribution < 1.29 is 4.79 Å². The lowest BCUT2D eigenvalue weighted by Gasteiger charge is -2.02. The zero-order valence-corrected chi connectivity index (χ0v) is 6.39. The Morgan fingerprint density at radius 2 is 2.44 bits per heavy atom. The van der Waals surface area contributed by atoms with E-state index in [0.29, 0.717) is 0 Å². The number of carbonyl (C=O) groups is 1. The van der Waals surface area contributed by atoms with E-state index in [4.69, 9.17) is 0 Å². The monoisotopic (exact) mass is 187 g/mol. The Kier molecular flexibility index (Phi) is 2.16. The molecule has 0 aromatic heterocycles. The first-order chi connectivity index (χ1) is 4.33. The van der Waals surface area contributed by atoms with Gasteiger partial charge in [-0.15, -0.1) is 0 Å². The lowest BCUT2D eigenvalue weighted by Crippen LogP contribution is -1.95. The molecule has 0 spiro atoms. The Bertz CT molecular complexity index is 183. The molecule has 0 aromatic carbocycles. The molecule has 0 aliphatic carbocycles. The van der Waals surface area contributed by atoms with Gasteiger partial charge in [0.25, 0.3) is 0 Å². The second kappa shape index (κ2) is 2.92. The van der Waals surface area contributed by atoms with Gasteiger partial charge in [0.05, 0.1) is 4.62 Å². The van der Waals surface area contributed by atoms with Gasteiger partial charge in [-0.3, -0.25) is 9.79 Å². The van der Waals surface area contributed by atoms with E-state index in [2.05, 4.69) is 20.9 Å². The Morgan fingerprint density at radius 1 is 1.67 bits per heavy atom. The largest absolute Gasteiger partial charge is 0.298 e. The summed E-state index contributed by atoms with van der Waals surface area (Å²) in [6, 6.07) is 0. The van der Waals surface area contributed by atoms with Gasteiger partial charge in [-0.1, -0.05) is 0 Å². The number of halogens is 1. The van der Waals surface area contributed by atoms with Crippen LogP contribution in [0, 0.1) is 0 Å². The maximum Gasteiger partial charge on any atom is 0.147 e. The fraction of sp³-hybridized carbons (Fsp3) is 0.333. The summed E-state index contributed by atoms with van der Waals surface area (Å²) >= 11 is 3.23. The van der Waals surface area contributed by atoms with Gasteiger partial charge in [0, 0.05) is 18.2 Å². The summed E-state index contributed by atoms with van der Waals surface area (Å²) in [7, 11) is 0. The zero-order chi connectivity index (χ0) is 6.69. The summed E-state index contributed by atoms with van der Waals surface area (Å²) < 4.78 is 0.924. The highest BCUT2D eigenvalue weighted by atomic mass is 79.9. The van der Waals surface area contributed by atoms with Gasteiger partial charge in [-0.2, -0.15) is 0 Å². The number of nitrogens with zero attached hydrogens (tertiary/aromatic N) is 1. The van der Waals surface area contributed by atoms with Crippen molar-refractivity contribution in [2.45, 2.75) is 12.8 Å². The van der Waals surface area contributed by atoms with Crippen molar-refractivity contribution in [1.29, 1.82) is 0 Å². The van der Waals surface area contributed by atoms with Crippen LogP contribution in [0.1, 0.15) is 12.8 Å². The number of aldehydes is 1. The quantitative estimate of drug-likeness (QED) is 0.575. The predicted octanol–water partition coefficient (Wildman–Crippen LogP) is 1.66. The standard InChI is InChI=1S/C6H6BrNO/c7-6-2-1-5(4-9)3-8-6/h3-4H,1-2H2. The Morgan fingerprint density at radius 3 is 2.89 bits per heavy atom. The molecule has 48 valence electrons. The fourth-order valence-electron chi connectivity index (χ4n) is 0.619. The van der Waals surface area contributed by atoms with Crippen LogP contribution in [0.3, 0.4) is 0 Å². The van der Waals surface area contributed by atoms with Crippen molar-refractivity contribution in [3.8, 4) is 0 Å². The highest BCUT2D eigenvalue weighted by Gasteiger charge is 2.02. The van der Waals surface area contributed by atoms with E-state index in [1.807, 2.05) is 0 Å². The van der Waals surface area contributed by atoms with Crippen molar-refractivity contribution in [2.24, 2.45) is 4.99 Å². The van der Waals surface area contributed by atoms with Gasteiger partial charge in [0.15, 0.2) is 0 Å². The van der Waals surface area contributed by atoms with Gasteiger partial charge >= 0.3 is 0 Å². The van der Waals surface area contributed by atoms with Crippen LogP contribution in [0.5, 0.6) is 0 Å². The smallest absolute Gasteiger partial charge is 0.147 e. The van der Waals surface area contributed by atoms with Crippen molar-refractivity contribution in [3.05, 3.63) is 11.8 Å². The summed E-state index contributed by atoms with van der Waals surface area (Å²) in [6.07, 6.45) is 4.11. The Balaban J connectivity index is 2.69. The molecule has 0 saturated heterocycles. The highest BCUT2D eigenvalue weighted by Crippen LogP contribution is 2.12. The van der Waals surface area contributed by atoms with Crippen LogP contribution >= 0.6 is 15.9 Å². The van der Waals surface area contributed by atoms with Crippen molar-refractivity contribution >= 4 is 26.8 Å². The summed E-state index contributed by atoms with van der Waals surface area (Å²) in [5, 5.41) is 0. The van der Waals surface area contributed by atoms with E-state index in [1.54, 1.807) is 6.20 Å². The van der Waals surface area contributed by atoms with Crippen molar-refractivity contribution in [2.75, 3.05) is 0 Å². The SMILES string of the molecule is O=CC1=CN=C(Br)CC1. The molecule has 0 fully saturated rings. The number of hydrogen-bond acceptors (Lipinski definition) is 2. The summed E-state index contributed by atoms with van der Waals surface area (Å²) in [4.78, 5) is 14.0. The van der Waals surface area contributed by atoms with E-state index in [0.717, 1.165) is 29.3 Å². The molecule has 1 heterocycles. The Labute approximate surface area is 61.8 Å². The van der Waals surface area contributed by atoms with Crippen molar-refractivity contribution in [1.82, 2.24) is 0 Å². The second-order valence-electron chi connectivity index (χ2n) is 1.83. The van der Waals surface area contributed by atoms with Crippen LogP contribution in [0.25, 0.3) is 0 Å². The predicted molar refractivity (Wildman–Crippen MR) is 39.7 cm³/mol. The first-order valence-electron chi connectivity index (χ1n) is 2.69. The molecule has 3 heteroatoms. The van der Waals surface area contributed by atoms with Crippen LogP contribution in [0.15, 0.2) is 16.8 Å². The van der Waals surface area contributed by atoms with E-state index >= 15 is 0 Å². The van der Waals surface area contributed by atoms with Gasteiger partial charge in [-0.05, 0) is 22.4 Å². The number of rotatable bonds is 1. The molecule has 0 atom stereocenters. The summed E-state index contributed by atoms with van der Waals surface area (Å²) in [5.41, 5.74) is 0.776. The van der Waals surface area contributed by atoms with E-state index < -0.39 is 0 Å². The van der Waals surface area contributed by atoms with E-state index in [1.165, 1.54) is 0 Å². The number of allylic oxidation sites excluding steroid dienone is 1. The highest BCUT2D eigenvalue weighted by molar-refractivity contribution is 9.18. The molecule has 2 nitrogen and oxygen atoms in total. The van der Waals surface area contributed by atoms with Gasteiger partial charge < -0.3 is 0 Å². The third-order valence-corrected chi connectivity index (χ3v) is 1.74. The first-order valence-corrected chi connectivity index (χ1v) is 3.48. The third kappa shape index (κ3) is 1.75. The topological polar surface area (TPSA) is 29.4 Å². The molecule has 9 heavy (non-hydrogen) atoms. The van der Waals surface area contributed by atoms with Gasteiger partial charge in [0.2, 0.25) is 0 Å². The van der Waals surface area contributed by atoms with Crippen LogP contribution in [-0.4, -0.2) is 10.9 Å². The number of carbonyl (C=O) groups excluding carboxylic acids is 1. The molecule has 1 aliphatic heterocycles. The van der Waals surface area contributed by atoms with Crippen molar-refractivity contribution in [3.63, 3.8) is 0 Å². The molecule has 0 radical (unpaired) electrons. The van der Waals surface area contributed by atoms with E-state index in [9.17, 15) is 4.79 Å². The minimum absolute atomic E-state index is 0.776. The molecular formula is C6H6BrNO. The lowest BCUT2D eigenvalue weighted by molar-refractivity contribution is -0.105. The van der Waals surface area contributed by atoms with Crippen LogP contribution < -0.4 is 0 Å². The normalized spacial score (nSPS) is 18.3. The molecule has 0 N–H and O–H groups in total. The van der Waals surface area contributed by atoms with Gasteiger partial charge in [0.1, 0.15) is 6.29 Å². The molecular weight excluding hydrogens is 182 g/mol. The molecule has 0 bridgehead atoms. The second-order valence-corrected chi connectivity index (χ2v) is 2.74. The van der Waals surface area contributed by atoms with Gasteiger partial charge in [-0.25, -0.2) is 0 Å². The minimum Gasteiger partial charge on any atom is -0.298 e. The average molecular weight is 188 g/mol. The average Bonchev–Trinajstić information content (AvgIpc) is 1.90. The van der Waals surface area contributed by atoms with Crippen LogP contribution in [0.4, 0.5) is 0 Å². The molecule has 0 aromatic rings. The first kappa shape index (κ1) is 6.68. The number of aliphatic imine (C=N–C) groups is 1. The van der Waals surface area contributed by atoms with E-state index in [-0.39, 0.29) is 0 Å². The molecule has 0 amide bonds. The molecule has 1 aliphatic rings. The summed E-state index contributed by atoms with van der Waals surface area (Å²) in [6.45, 7) is 0. The number of hydrogen-bond donors (Lipinski definition) is 0. The molecule has 0 unspecified atom stereocenters.